The van der Waals surface area contributed by atoms with E-state index in [1.165, 1.54) is 11.8 Å². The molecule has 0 N–H and O–H groups in total. The summed E-state index contributed by atoms with van der Waals surface area (Å²) in [7, 11) is -3.57. The van der Waals surface area contributed by atoms with Crippen molar-refractivity contribution in [1.82, 2.24) is 14.1 Å². The van der Waals surface area contributed by atoms with Crippen molar-refractivity contribution in [2.75, 3.05) is 19.8 Å². The van der Waals surface area contributed by atoms with Crippen LogP contribution in [0.25, 0.3) is 0 Å². The summed E-state index contributed by atoms with van der Waals surface area (Å²) < 4.78 is 35.6. The molecule has 0 spiro atoms. The second-order valence-corrected chi connectivity index (χ2v) is 9.43. The minimum atomic E-state index is -3.57. The van der Waals surface area contributed by atoms with Crippen LogP contribution in [-0.2, 0) is 14.8 Å². The van der Waals surface area contributed by atoms with Crippen molar-refractivity contribution in [2.24, 2.45) is 0 Å². The number of benzene rings is 1. The lowest BCUT2D eigenvalue weighted by molar-refractivity contribution is 0.0662. The van der Waals surface area contributed by atoms with Crippen molar-refractivity contribution in [3.8, 4) is 0 Å². The number of aryl methyl sites for hydroxylation is 1. The Hall–Kier alpha value is -1.70. The molecule has 1 aromatic heterocycles. The molecule has 146 valence electrons. The van der Waals surface area contributed by atoms with E-state index in [0.29, 0.717) is 24.7 Å². The van der Waals surface area contributed by atoms with E-state index < -0.39 is 10.0 Å². The highest BCUT2D eigenvalue weighted by atomic mass is 32.2. The molecule has 0 amide bonds. The molecule has 7 heteroatoms. The number of ether oxygens (including phenoxy) is 1. The minimum Gasteiger partial charge on any atom is -0.381 e. The molecule has 0 bridgehead atoms. The Morgan fingerprint density at radius 1 is 1.07 bits per heavy atom. The zero-order valence-corrected chi connectivity index (χ0v) is 16.6. The largest absolute Gasteiger partial charge is 0.381 e. The Morgan fingerprint density at radius 2 is 1.81 bits per heavy atom. The highest BCUT2D eigenvalue weighted by Gasteiger charge is 2.35. The Kier molecular flexibility index (Phi) is 5.34. The van der Waals surface area contributed by atoms with Crippen molar-refractivity contribution >= 4 is 10.0 Å². The first-order valence-electron chi connectivity index (χ1n) is 9.76. The summed E-state index contributed by atoms with van der Waals surface area (Å²) in [6, 6.07) is 8.33. The summed E-state index contributed by atoms with van der Waals surface area (Å²) in [5, 5.41) is 4.37. The summed E-state index contributed by atoms with van der Waals surface area (Å²) >= 11 is 0. The summed E-state index contributed by atoms with van der Waals surface area (Å²) in [4.78, 5) is 0.299. The lowest BCUT2D eigenvalue weighted by Crippen LogP contribution is -2.38. The van der Waals surface area contributed by atoms with Crippen LogP contribution in [0.3, 0.4) is 0 Å². The van der Waals surface area contributed by atoms with E-state index in [1.807, 2.05) is 6.92 Å². The van der Waals surface area contributed by atoms with E-state index in [2.05, 4.69) is 29.4 Å². The molecule has 2 aliphatic heterocycles. The summed E-state index contributed by atoms with van der Waals surface area (Å²) in [5.74, 6) is 0. The zero-order valence-electron chi connectivity index (χ0n) is 15.8. The van der Waals surface area contributed by atoms with Gasteiger partial charge in [-0.2, -0.15) is 9.40 Å². The third-order valence-electron chi connectivity index (χ3n) is 5.67. The average molecular weight is 390 g/mol. The van der Waals surface area contributed by atoms with Gasteiger partial charge in [0.15, 0.2) is 0 Å². The van der Waals surface area contributed by atoms with Crippen LogP contribution in [0.2, 0.25) is 0 Å². The molecule has 2 aliphatic rings. The quantitative estimate of drug-likeness (QED) is 0.803. The molecule has 2 fully saturated rings. The number of hydrogen-bond acceptors (Lipinski definition) is 4. The van der Waals surface area contributed by atoms with Gasteiger partial charge in [-0.25, -0.2) is 8.42 Å². The van der Waals surface area contributed by atoms with Gasteiger partial charge in [-0.15, -0.1) is 0 Å². The Labute approximate surface area is 161 Å². The maximum absolute atomic E-state index is 13.4. The van der Waals surface area contributed by atoms with Crippen LogP contribution in [0, 0.1) is 6.92 Å². The van der Waals surface area contributed by atoms with Crippen molar-refractivity contribution in [2.45, 2.75) is 56.0 Å². The van der Waals surface area contributed by atoms with Crippen LogP contribution in [0.5, 0.6) is 0 Å². The maximum atomic E-state index is 13.4. The molecule has 2 saturated heterocycles. The monoisotopic (exact) mass is 389 g/mol. The molecule has 0 aliphatic carbocycles. The van der Waals surface area contributed by atoms with E-state index in [0.717, 1.165) is 37.7 Å². The first kappa shape index (κ1) is 18.7. The number of aromatic nitrogens is 2. The SMILES string of the molecule is Cc1ccc([C@H]2CCCCN2S(=O)(=O)c2cnn(C3CCOCC3)c2)cc1. The van der Waals surface area contributed by atoms with Crippen LogP contribution in [0.4, 0.5) is 0 Å². The molecular formula is C20H27N3O3S. The first-order valence-corrected chi connectivity index (χ1v) is 11.2. The highest BCUT2D eigenvalue weighted by Crippen LogP contribution is 2.35. The van der Waals surface area contributed by atoms with Gasteiger partial charge in [0.25, 0.3) is 0 Å². The van der Waals surface area contributed by atoms with E-state index in [1.54, 1.807) is 15.2 Å². The zero-order chi connectivity index (χ0) is 18.9. The fourth-order valence-electron chi connectivity index (χ4n) is 4.05. The number of rotatable bonds is 4. The maximum Gasteiger partial charge on any atom is 0.246 e. The Morgan fingerprint density at radius 3 is 2.56 bits per heavy atom. The van der Waals surface area contributed by atoms with Crippen LogP contribution in [-0.4, -0.2) is 42.3 Å². The average Bonchev–Trinajstić information content (AvgIpc) is 3.20. The predicted octanol–water partition coefficient (Wildman–Crippen LogP) is 3.46. The second kappa shape index (κ2) is 7.73. The summed E-state index contributed by atoms with van der Waals surface area (Å²) in [5.41, 5.74) is 2.25. The molecular weight excluding hydrogens is 362 g/mol. The number of nitrogens with zero attached hydrogens (tertiary/aromatic N) is 3. The van der Waals surface area contributed by atoms with Gasteiger partial charge < -0.3 is 4.74 Å². The van der Waals surface area contributed by atoms with Gasteiger partial charge in [0.1, 0.15) is 4.90 Å². The van der Waals surface area contributed by atoms with E-state index >= 15 is 0 Å². The van der Waals surface area contributed by atoms with Gasteiger partial charge in [0.05, 0.1) is 18.3 Å². The third kappa shape index (κ3) is 3.81. The topological polar surface area (TPSA) is 64.4 Å². The van der Waals surface area contributed by atoms with Crippen LogP contribution < -0.4 is 0 Å². The fraction of sp³-hybridized carbons (Fsp3) is 0.550. The lowest BCUT2D eigenvalue weighted by Gasteiger charge is -2.34. The van der Waals surface area contributed by atoms with Gasteiger partial charge in [-0.1, -0.05) is 36.2 Å². The van der Waals surface area contributed by atoms with E-state index in [-0.39, 0.29) is 12.1 Å². The molecule has 4 rings (SSSR count). The minimum absolute atomic E-state index is 0.101. The lowest BCUT2D eigenvalue weighted by atomic mass is 9.97. The normalized spacial score (nSPS) is 22.8. The van der Waals surface area contributed by atoms with Crippen molar-refractivity contribution < 1.29 is 13.2 Å². The van der Waals surface area contributed by atoms with Crippen LogP contribution in [0.1, 0.15) is 55.3 Å². The second-order valence-electron chi connectivity index (χ2n) is 7.54. The first-order chi connectivity index (χ1) is 13.1. The van der Waals surface area contributed by atoms with Gasteiger partial charge in [-0.3, -0.25) is 4.68 Å². The van der Waals surface area contributed by atoms with Gasteiger partial charge in [0, 0.05) is 26.0 Å². The highest BCUT2D eigenvalue weighted by molar-refractivity contribution is 7.89. The summed E-state index contributed by atoms with van der Waals surface area (Å²) in [6.45, 7) is 4.01. The third-order valence-corrected chi connectivity index (χ3v) is 7.53. The molecule has 0 saturated carbocycles. The van der Waals surface area contributed by atoms with Crippen molar-refractivity contribution in [1.29, 1.82) is 0 Å². The van der Waals surface area contributed by atoms with E-state index in [9.17, 15) is 8.42 Å². The molecule has 27 heavy (non-hydrogen) atoms. The predicted molar refractivity (Wildman–Crippen MR) is 103 cm³/mol. The van der Waals surface area contributed by atoms with E-state index in [4.69, 9.17) is 4.74 Å². The molecule has 1 atom stereocenters. The molecule has 3 heterocycles. The van der Waals surface area contributed by atoms with Crippen LogP contribution >= 0.6 is 0 Å². The van der Waals surface area contributed by atoms with Gasteiger partial charge in [-0.05, 0) is 38.2 Å². The Balaban J connectivity index is 1.61. The number of piperidine rings is 1. The molecule has 0 radical (unpaired) electrons. The molecule has 1 aromatic carbocycles. The van der Waals surface area contributed by atoms with Gasteiger partial charge in [0.2, 0.25) is 10.0 Å². The van der Waals surface area contributed by atoms with Gasteiger partial charge >= 0.3 is 0 Å². The standard InChI is InChI=1S/C20H27N3O3S/c1-16-5-7-17(8-6-16)20-4-2-3-11-23(20)27(24,25)19-14-21-22(15-19)18-9-12-26-13-10-18/h5-8,14-15,18,20H,2-4,9-13H2,1H3/t20-/m1/s1. The molecule has 6 nitrogen and oxygen atoms in total. The van der Waals surface area contributed by atoms with Crippen molar-refractivity contribution in [3.05, 3.63) is 47.8 Å². The Bertz CT molecular complexity index is 870. The fourth-order valence-corrected chi connectivity index (χ4v) is 5.68. The van der Waals surface area contributed by atoms with Crippen molar-refractivity contribution in [3.63, 3.8) is 0 Å². The number of hydrogen-bond donors (Lipinski definition) is 0. The van der Waals surface area contributed by atoms with Crippen LogP contribution in [0.15, 0.2) is 41.6 Å². The summed E-state index contributed by atoms with van der Waals surface area (Å²) in [6.07, 6.45) is 7.75. The molecule has 2 aromatic rings. The molecule has 0 unspecified atom stereocenters. The number of sulfonamides is 1. The smallest absolute Gasteiger partial charge is 0.246 e.